The maximum absolute atomic E-state index is 11.4. The van der Waals surface area contributed by atoms with Crippen LogP contribution in [0.3, 0.4) is 0 Å². The number of hydrogen-bond donors (Lipinski definition) is 2. The van der Waals surface area contributed by atoms with E-state index in [0.29, 0.717) is 11.4 Å². The second kappa shape index (κ2) is 6.54. The highest BCUT2D eigenvalue weighted by Crippen LogP contribution is 2.35. The summed E-state index contributed by atoms with van der Waals surface area (Å²) in [6.45, 7) is 14.8. The summed E-state index contributed by atoms with van der Waals surface area (Å²) in [4.78, 5) is 11.4. The predicted octanol–water partition coefficient (Wildman–Crippen LogP) is 4.59. The second-order valence-corrected chi connectivity index (χ2v) is 8.48. The molecule has 136 valence electrons. The van der Waals surface area contributed by atoms with Crippen molar-refractivity contribution in [2.45, 2.75) is 65.9 Å². The molecule has 1 aromatic carbocycles. The van der Waals surface area contributed by atoms with Gasteiger partial charge in [-0.1, -0.05) is 53.7 Å². The van der Waals surface area contributed by atoms with Gasteiger partial charge >= 0.3 is 5.97 Å². The number of rotatable bonds is 4. The summed E-state index contributed by atoms with van der Waals surface area (Å²) < 4.78 is 5.98. The van der Waals surface area contributed by atoms with Crippen molar-refractivity contribution in [2.75, 3.05) is 0 Å². The number of carbonyl (C=O) groups is 1. The van der Waals surface area contributed by atoms with Crippen LogP contribution in [0, 0.1) is 6.92 Å². The van der Waals surface area contributed by atoms with Crippen LogP contribution in [-0.2, 0) is 17.4 Å². The smallest absolute Gasteiger partial charge is 0.339 e. The summed E-state index contributed by atoms with van der Waals surface area (Å²) >= 11 is 0. The normalized spacial score (nSPS) is 12.3. The first-order valence-electron chi connectivity index (χ1n) is 8.46. The maximum Gasteiger partial charge on any atom is 0.339 e. The van der Waals surface area contributed by atoms with Crippen molar-refractivity contribution in [1.29, 1.82) is 0 Å². The molecule has 0 aliphatic heterocycles. The lowest BCUT2D eigenvalue weighted by Gasteiger charge is -2.27. The molecule has 2 rings (SSSR count). The van der Waals surface area contributed by atoms with Gasteiger partial charge in [-0.25, -0.2) is 4.79 Å². The van der Waals surface area contributed by atoms with Crippen LogP contribution in [0.25, 0.3) is 0 Å². The third kappa shape index (κ3) is 4.21. The zero-order valence-electron chi connectivity index (χ0n) is 16.2. The van der Waals surface area contributed by atoms with E-state index in [1.807, 2.05) is 6.07 Å². The fraction of sp³-hybridized carbons (Fsp3) is 0.500. The van der Waals surface area contributed by atoms with Gasteiger partial charge in [-0.15, -0.1) is 0 Å². The average molecular weight is 344 g/mol. The zero-order valence-corrected chi connectivity index (χ0v) is 16.2. The molecule has 0 aliphatic rings. The minimum absolute atomic E-state index is 0.0499. The summed E-state index contributed by atoms with van der Waals surface area (Å²) in [5.41, 5.74) is 3.43. The van der Waals surface area contributed by atoms with E-state index >= 15 is 0 Å². The SMILES string of the molecule is Cc1[nH]nc(COc2ccc(C(C)(C)C)cc2C(C)(C)C)c1C(=O)O. The number of carboxylic acids is 1. The van der Waals surface area contributed by atoms with E-state index < -0.39 is 5.97 Å². The lowest BCUT2D eigenvalue weighted by molar-refractivity contribution is 0.0693. The Labute approximate surface area is 149 Å². The van der Waals surface area contributed by atoms with Crippen molar-refractivity contribution in [3.8, 4) is 5.75 Å². The molecule has 1 aromatic heterocycles. The zero-order chi connectivity index (χ0) is 19.0. The number of H-pyrrole nitrogens is 1. The first-order chi connectivity index (χ1) is 11.4. The number of nitrogens with one attached hydrogen (secondary N) is 1. The van der Waals surface area contributed by atoms with Gasteiger partial charge in [-0.3, -0.25) is 5.10 Å². The second-order valence-electron chi connectivity index (χ2n) is 8.48. The Kier molecular flexibility index (Phi) is 4.98. The number of benzene rings is 1. The molecule has 0 saturated heterocycles. The molecule has 0 saturated carbocycles. The number of aromatic nitrogens is 2. The number of nitrogens with zero attached hydrogens (tertiary/aromatic N) is 1. The van der Waals surface area contributed by atoms with Crippen molar-refractivity contribution < 1.29 is 14.6 Å². The van der Waals surface area contributed by atoms with Crippen LogP contribution in [0.1, 0.15) is 74.4 Å². The van der Waals surface area contributed by atoms with E-state index in [4.69, 9.17) is 4.74 Å². The highest BCUT2D eigenvalue weighted by Gasteiger charge is 2.24. The van der Waals surface area contributed by atoms with Gasteiger partial charge in [-0.05, 0) is 34.9 Å². The van der Waals surface area contributed by atoms with Crippen molar-refractivity contribution in [3.63, 3.8) is 0 Å². The molecule has 25 heavy (non-hydrogen) atoms. The van der Waals surface area contributed by atoms with E-state index in [2.05, 4.69) is 63.9 Å². The van der Waals surface area contributed by atoms with E-state index in [-0.39, 0.29) is 23.0 Å². The molecule has 1 heterocycles. The summed E-state index contributed by atoms with van der Waals surface area (Å²) in [7, 11) is 0. The van der Waals surface area contributed by atoms with E-state index in [1.54, 1.807) is 6.92 Å². The monoisotopic (exact) mass is 344 g/mol. The Morgan fingerprint density at radius 2 is 1.80 bits per heavy atom. The third-order valence-electron chi connectivity index (χ3n) is 4.25. The molecule has 0 amide bonds. The summed E-state index contributed by atoms with van der Waals surface area (Å²) in [6.07, 6.45) is 0. The molecule has 0 fully saturated rings. The van der Waals surface area contributed by atoms with Crippen molar-refractivity contribution >= 4 is 5.97 Å². The number of aromatic carboxylic acids is 1. The van der Waals surface area contributed by atoms with Gasteiger partial charge in [0.15, 0.2) is 0 Å². The van der Waals surface area contributed by atoms with Crippen LogP contribution >= 0.6 is 0 Å². The van der Waals surface area contributed by atoms with Crippen LogP contribution < -0.4 is 4.74 Å². The molecule has 0 unspecified atom stereocenters. The Balaban J connectivity index is 2.35. The van der Waals surface area contributed by atoms with Crippen LogP contribution in [0.2, 0.25) is 0 Å². The molecular formula is C20H28N2O3. The first-order valence-corrected chi connectivity index (χ1v) is 8.46. The van der Waals surface area contributed by atoms with Gasteiger partial charge in [-0.2, -0.15) is 5.10 Å². The molecule has 0 bridgehead atoms. The predicted molar refractivity (Wildman–Crippen MR) is 98.5 cm³/mol. The molecular weight excluding hydrogens is 316 g/mol. The quantitative estimate of drug-likeness (QED) is 0.850. The number of aromatic amines is 1. The molecule has 2 N–H and O–H groups in total. The molecule has 5 nitrogen and oxygen atoms in total. The van der Waals surface area contributed by atoms with E-state index in [0.717, 1.165) is 11.3 Å². The molecule has 2 aromatic rings. The number of carboxylic acid groups (broad SMARTS) is 1. The van der Waals surface area contributed by atoms with Gasteiger partial charge in [0.25, 0.3) is 0 Å². The Morgan fingerprint density at radius 1 is 1.16 bits per heavy atom. The van der Waals surface area contributed by atoms with Crippen molar-refractivity contribution in [3.05, 3.63) is 46.3 Å². The van der Waals surface area contributed by atoms with Gasteiger partial charge in [0.1, 0.15) is 23.6 Å². The standard InChI is InChI=1S/C20H28N2O3/c1-12-17(18(23)24)15(22-21-12)11-25-16-9-8-13(19(2,3)4)10-14(16)20(5,6)7/h8-10H,11H2,1-7H3,(H,21,22)(H,23,24). The Hall–Kier alpha value is -2.30. The van der Waals surface area contributed by atoms with Crippen LogP contribution in [0.4, 0.5) is 0 Å². The van der Waals surface area contributed by atoms with Crippen LogP contribution in [-0.4, -0.2) is 21.3 Å². The molecule has 0 radical (unpaired) electrons. The molecule has 0 atom stereocenters. The number of ether oxygens (including phenoxy) is 1. The lowest BCUT2D eigenvalue weighted by Crippen LogP contribution is -2.18. The van der Waals surface area contributed by atoms with Crippen molar-refractivity contribution in [1.82, 2.24) is 10.2 Å². The summed E-state index contributed by atoms with van der Waals surface area (Å²) in [5.74, 6) is -0.235. The van der Waals surface area contributed by atoms with Gasteiger partial charge in [0, 0.05) is 5.69 Å². The minimum atomic E-state index is -0.996. The minimum Gasteiger partial charge on any atom is -0.487 e. The molecule has 0 aliphatic carbocycles. The van der Waals surface area contributed by atoms with E-state index in [9.17, 15) is 9.90 Å². The topological polar surface area (TPSA) is 75.2 Å². The van der Waals surface area contributed by atoms with Crippen molar-refractivity contribution in [2.24, 2.45) is 0 Å². The molecule has 0 spiro atoms. The summed E-state index contributed by atoms with van der Waals surface area (Å²) in [6, 6.07) is 6.23. The number of aryl methyl sites for hydroxylation is 1. The summed E-state index contributed by atoms with van der Waals surface area (Å²) in [5, 5.41) is 16.1. The van der Waals surface area contributed by atoms with Gasteiger partial charge in [0.2, 0.25) is 0 Å². The maximum atomic E-state index is 11.4. The Morgan fingerprint density at radius 3 is 2.32 bits per heavy atom. The fourth-order valence-electron chi connectivity index (χ4n) is 2.72. The lowest BCUT2D eigenvalue weighted by atomic mass is 9.80. The highest BCUT2D eigenvalue weighted by molar-refractivity contribution is 5.90. The number of hydrogen-bond acceptors (Lipinski definition) is 3. The molecule has 5 heteroatoms. The largest absolute Gasteiger partial charge is 0.487 e. The Bertz CT molecular complexity index is 777. The van der Waals surface area contributed by atoms with Gasteiger partial charge < -0.3 is 9.84 Å². The van der Waals surface area contributed by atoms with Crippen LogP contribution in [0.5, 0.6) is 5.75 Å². The fourth-order valence-corrected chi connectivity index (χ4v) is 2.72. The highest BCUT2D eigenvalue weighted by atomic mass is 16.5. The van der Waals surface area contributed by atoms with E-state index in [1.165, 1.54) is 5.56 Å². The van der Waals surface area contributed by atoms with Gasteiger partial charge in [0.05, 0.1) is 0 Å². The third-order valence-corrected chi connectivity index (χ3v) is 4.25. The average Bonchev–Trinajstić information content (AvgIpc) is 2.84. The first kappa shape index (κ1) is 19.0. The van der Waals surface area contributed by atoms with Crippen LogP contribution in [0.15, 0.2) is 18.2 Å².